The Morgan fingerprint density at radius 2 is 0.964 bits per heavy atom. The summed E-state index contributed by atoms with van der Waals surface area (Å²) in [5.74, 6) is 0. The van der Waals surface area contributed by atoms with Crippen molar-refractivity contribution in [1.29, 1.82) is 0 Å². The van der Waals surface area contributed by atoms with Crippen molar-refractivity contribution >= 4 is 60.5 Å². The molecule has 10 aromatic rings. The van der Waals surface area contributed by atoms with Gasteiger partial charge in [0.25, 0.3) is 0 Å². The fourth-order valence-electron chi connectivity index (χ4n) is 9.10. The first-order chi connectivity index (χ1) is 27.0. The summed E-state index contributed by atoms with van der Waals surface area (Å²) in [6.45, 7) is 4.71. The molecule has 9 aromatic carbocycles. The predicted molar refractivity (Wildman–Crippen MR) is 232 cm³/mol. The molecule has 0 unspecified atom stereocenters. The maximum absolute atomic E-state index is 7.05. The van der Waals surface area contributed by atoms with E-state index < -0.39 is 0 Å². The first-order valence-electron chi connectivity index (χ1n) is 19.1. The van der Waals surface area contributed by atoms with E-state index >= 15 is 0 Å². The van der Waals surface area contributed by atoms with Crippen molar-refractivity contribution < 1.29 is 4.42 Å². The van der Waals surface area contributed by atoms with Gasteiger partial charge in [-0.05, 0) is 97.6 Å². The molecule has 2 heteroatoms. The molecule has 0 aliphatic heterocycles. The van der Waals surface area contributed by atoms with Crippen LogP contribution in [0.5, 0.6) is 0 Å². The third-order valence-corrected chi connectivity index (χ3v) is 11.8. The van der Waals surface area contributed by atoms with Gasteiger partial charge in [-0.15, -0.1) is 0 Å². The smallest absolute Gasteiger partial charge is 0.143 e. The largest absolute Gasteiger partial charge is 0.455 e. The topological polar surface area (TPSA) is 16.4 Å². The van der Waals surface area contributed by atoms with Gasteiger partial charge in [-0.3, -0.25) is 0 Å². The summed E-state index contributed by atoms with van der Waals surface area (Å²) >= 11 is 0. The lowest BCUT2D eigenvalue weighted by molar-refractivity contribution is 0.660. The van der Waals surface area contributed by atoms with Crippen LogP contribution < -0.4 is 4.90 Å². The minimum Gasteiger partial charge on any atom is -0.455 e. The minimum atomic E-state index is -0.133. The second-order valence-electron chi connectivity index (χ2n) is 15.3. The normalized spacial score (nSPS) is 13.1. The molecule has 0 bridgehead atoms. The van der Waals surface area contributed by atoms with Crippen LogP contribution in [0.4, 0.5) is 17.1 Å². The quantitative estimate of drug-likeness (QED) is 0.177. The van der Waals surface area contributed by atoms with E-state index in [4.69, 9.17) is 4.42 Å². The van der Waals surface area contributed by atoms with Crippen molar-refractivity contribution in [3.8, 4) is 33.4 Å². The zero-order chi connectivity index (χ0) is 36.7. The van der Waals surface area contributed by atoms with E-state index in [1.807, 2.05) is 0 Å². The van der Waals surface area contributed by atoms with E-state index in [1.54, 1.807) is 0 Å². The molecule has 0 N–H and O–H groups in total. The second kappa shape index (κ2) is 12.1. The van der Waals surface area contributed by atoms with Crippen LogP contribution in [-0.2, 0) is 5.41 Å². The summed E-state index contributed by atoms with van der Waals surface area (Å²) in [5.41, 5.74) is 14.9. The second-order valence-corrected chi connectivity index (χ2v) is 15.3. The Balaban J connectivity index is 1.23. The third-order valence-electron chi connectivity index (χ3n) is 11.8. The summed E-state index contributed by atoms with van der Waals surface area (Å²) in [5, 5.41) is 6.92. The third kappa shape index (κ3) is 4.88. The van der Waals surface area contributed by atoms with Gasteiger partial charge in [0.2, 0.25) is 0 Å². The summed E-state index contributed by atoms with van der Waals surface area (Å²) < 4.78 is 7.05. The van der Waals surface area contributed by atoms with Crippen LogP contribution in [-0.4, -0.2) is 0 Å². The maximum Gasteiger partial charge on any atom is 0.143 e. The van der Waals surface area contributed by atoms with E-state index in [0.717, 1.165) is 55.5 Å². The van der Waals surface area contributed by atoms with Crippen LogP contribution in [0.3, 0.4) is 0 Å². The molecule has 0 saturated carbocycles. The van der Waals surface area contributed by atoms with Gasteiger partial charge in [-0.2, -0.15) is 0 Å². The standard InChI is InChI=1S/C53H37NO/c1-53(2)49-24-14-13-22-42(49)43-28-27-39(32-50(43)53)54(38-26-25-34-15-9-10-20-37(34)29-38)40-30-46(36-18-7-4-8-19-36)52-47(31-40)48-33-45(35-16-5-3-6-17-35)41-21-11-12-23-44(41)51(48)55-52/h3-33H,1-2H3. The highest BCUT2D eigenvalue weighted by Gasteiger charge is 2.36. The SMILES string of the molecule is CC1(C)c2ccccc2-c2ccc(N(c3ccc4ccccc4c3)c3cc(-c4ccccc4)c4oc5c6ccccc6c(-c6ccccc6)cc5c4c3)cc21. The number of nitrogens with zero attached hydrogens (tertiary/aromatic N) is 1. The van der Waals surface area contributed by atoms with E-state index in [9.17, 15) is 0 Å². The molecule has 2 nitrogen and oxygen atoms in total. The lowest BCUT2D eigenvalue weighted by atomic mass is 9.82. The molecule has 1 heterocycles. The van der Waals surface area contributed by atoms with E-state index in [2.05, 4.69) is 207 Å². The fraction of sp³-hybridized carbons (Fsp3) is 0.0566. The number of rotatable bonds is 5. The molecule has 1 aromatic heterocycles. The Kier molecular flexibility index (Phi) is 6.93. The molecule has 0 atom stereocenters. The Morgan fingerprint density at radius 3 is 1.76 bits per heavy atom. The van der Waals surface area contributed by atoms with Gasteiger partial charge < -0.3 is 9.32 Å². The van der Waals surface area contributed by atoms with Crippen molar-refractivity contribution in [3.05, 3.63) is 199 Å². The molecule has 0 amide bonds. The van der Waals surface area contributed by atoms with Crippen LogP contribution >= 0.6 is 0 Å². The molecule has 1 aliphatic rings. The number of anilines is 3. The molecule has 1 aliphatic carbocycles. The van der Waals surface area contributed by atoms with Crippen molar-refractivity contribution in [2.45, 2.75) is 19.3 Å². The summed E-state index contributed by atoms with van der Waals surface area (Å²) in [6.07, 6.45) is 0. The number of furan rings is 1. The highest BCUT2D eigenvalue weighted by molar-refractivity contribution is 6.21. The maximum atomic E-state index is 7.05. The molecule has 260 valence electrons. The van der Waals surface area contributed by atoms with Gasteiger partial charge >= 0.3 is 0 Å². The Labute approximate surface area is 320 Å². The number of benzene rings is 9. The number of hydrogen-bond acceptors (Lipinski definition) is 2. The highest BCUT2D eigenvalue weighted by Crippen LogP contribution is 2.52. The van der Waals surface area contributed by atoms with Gasteiger partial charge in [0.1, 0.15) is 11.2 Å². The molecule has 0 spiro atoms. The molecule has 55 heavy (non-hydrogen) atoms. The Morgan fingerprint density at radius 1 is 0.364 bits per heavy atom. The number of hydrogen-bond donors (Lipinski definition) is 0. The van der Waals surface area contributed by atoms with Gasteiger partial charge in [0, 0.05) is 44.2 Å². The van der Waals surface area contributed by atoms with Crippen LogP contribution in [0.15, 0.2) is 192 Å². The zero-order valence-corrected chi connectivity index (χ0v) is 30.8. The van der Waals surface area contributed by atoms with Gasteiger partial charge in [-0.25, -0.2) is 0 Å². The van der Waals surface area contributed by atoms with E-state index in [0.29, 0.717) is 0 Å². The first kappa shape index (κ1) is 31.6. The van der Waals surface area contributed by atoms with Crippen molar-refractivity contribution in [1.82, 2.24) is 0 Å². The molecule has 11 rings (SSSR count). The van der Waals surface area contributed by atoms with E-state index in [1.165, 1.54) is 49.5 Å². The van der Waals surface area contributed by atoms with Gasteiger partial charge in [0.15, 0.2) is 0 Å². The van der Waals surface area contributed by atoms with E-state index in [-0.39, 0.29) is 5.41 Å². The Bertz CT molecular complexity index is 3120. The highest BCUT2D eigenvalue weighted by atomic mass is 16.3. The predicted octanol–water partition coefficient (Wildman–Crippen LogP) is 15.0. The average Bonchev–Trinajstić information content (AvgIpc) is 3.73. The Hall–Kier alpha value is -6.90. The van der Waals surface area contributed by atoms with Crippen LogP contribution in [0.2, 0.25) is 0 Å². The molecular formula is C53H37NO. The molecule has 0 saturated heterocycles. The summed E-state index contributed by atoms with van der Waals surface area (Å²) in [4.78, 5) is 2.44. The minimum absolute atomic E-state index is 0.133. The van der Waals surface area contributed by atoms with Crippen LogP contribution in [0, 0.1) is 0 Å². The molecule has 0 radical (unpaired) electrons. The molecule has 0 fully saturated rings. The first-order valence-corrected chi connectivity index (χ1v) is 19.1. The fourth-order valence-corrected chi connectivity index (χ4v) is 9.10. The lowest BCUT2D eigenvalue weighted by Gasteiger charge is -2.29. The van der Waals surface area contributed by atoms with Crippen molar-refractivity contribution in [2.24, 2.45) is 0 Å². The van der Waals surface area contributed by atoms with Crippen molar-refractivity contribution in [3.63, 3.8) is 0 Å². The van der Waals surface area contributed by atoms with Crippen LogP contribution in [0.1, 0.15) is 25.0 Å². The summed E-state index contributed by atoms with van der Waals surface area (Å²) in [7, 11) is 0. The molecular weight excluding hydrogens is 667 g/mol. The van der Waals surface area contributed by atoms with Crippen molar-refractivity contribution in [2.75, 3.05) is 4.90 Å². The average molecular weight is 704 g/mol. The van der Waals surface area contributed by atoms with Gasteiger partial charge in [-0.1, -0.05) is 159 Å². The lowest BCUT2D eigenvalue weighted by Crippen LogP contribution is -2.16. The zero-order valence-electron chi connectivity index (χ0n) is 30.8. The van der Waals surface area contributed by atoms with Crippen LogP contribution in [0.25, 0.3) is 76.9 Å². The summed E-state index contributed by atoms with van der Waals surface area (Å²) in [6, 6.07) is 68.4. The number of fused-ring (bicyclic) bond motifs is 9. The van der Waals surface area contributed by atoms with Gasteiger partial charge in [0.05, 0.1) is 0 Å². The monoisotopic (exact) mass is 703 g/mol.